The van der Waals surface area contributed by atoms with Crippen LogP contribution in [0.15, 0.2) is 35.9 Å². The van der Waals surface area contributed by atoms with Crippen molar-refractivity contribution in [1.82, 2.24) is 0 Å². The Balaban J connectivity index is 3.55. The summed E-state index contributed by atoms with van der Waals surface area (Å²) in [4.78, 5) is 32.5. The third-order valence-electron chi connectivity index (χ3n) is 1.95. The van der Waals surface area contributed by atoms with E-state index >= 15 is 0 Å². The summed E-state index contributed by atoms with van der Waals surface area (Å²) in [5, 5.41) is 26.4. The van der Waals surface area contributed by atoms with Crippen molar-refractivity contribution >= 4 is 23.5 Å². The molecule has 0 aliphatic carbocycles. The van der Waals surface area contributed by atoms with Gasteiger partial charge in [-0.2, -0.15) is 0 Å². The number of carboxylic acids is 3. The summed E-state index contributed by atoms with van der Waals surface area (Å²) in [7, 11) is 0. The molecule has 6 nitrogen and oxygen atoms in total. The van der Waals surface area contributed by atoms with Gasteiger partial charge in [-0.1, -0.05) is 30.3 Å². The highest BCUT2D eigenvalue weighted by Crippen LogP contribution is 2.19. The van der Waals surface area contributed by atoms with E-state index in [-0.39, 0.29) is 5.56 Å². The second kappa shape index (κ2) is 4.93. The molecule has 0 atom stereocenters. The lowest BCUT2D eigenvalue weighted by molar-refractivity contribution is -0.141. The molecule has 0 bridgehead atoms. The molecule has 6 heteroatoms. The van der Waals surface area contributed by atoms with Crippen LogP contribution in [0.5, 0.6) is 0 Å². The zero-order valence-electron chi connectivity index (χ0n) is 8.45. The fraction of sp³-hybridized carbons (Fsp3) is 0. The van der Waals surface area contributed by atoms with Crippen LogP contribution in [0.3, 0.4) is 0 Å². The summed E-state index contributed by atoms with van der Waals surface area (Å²) in [6.07, 6.45) is 0. The maximum absolute atomic E-state index is 11.0. The van der Waals surface area contributed by atoms with E-state index in [1.165, 1.54) is 24.3 Å². The van der Waals surface area contributed by atoms with Gasteiger partial charge in [-0.15, -0.1) is 0 Å². The van der Waals surface area contributed by atoms with Crippen LogP contribution < -0.4 is 0 Å². The molecule has 0 saturated heterocycles. The molecule has 0 radical (unpaired) electrons. The highest BCUT2D eigenvalue weighted by atomic mass is 16.4. The Morgan fingerprint density at radius 3 is 1.59 bits per heavy atom. The Morgan fingerprint density at radius 2 is 1.24 bits per heavy atom. The van der Waals surface area contributed by atoms with Crippen LogP contribution in [0.25, 0.3) is 5.57 Å². The lowest BCUT2D eigenvalue weighted by Gasteiger charge is -2.05. The molecule has 0 heterocycles. The van der Waals surface area contributed by atoms with Gasteiger partial charge >= 0.3 is 17.9 Å². The maximum Gasteiger partial charge on any atom is 0.344 e. The van der Waals surface area contributed by atoms with Gasteiger partial charge in [-0.05, 0) is 5.56 Å². The third kappa shape index (κ3) is 2.69. The van der Waals surface area contributed by atoms with Crippen molar-refractivity contribution in [1.29, 1.82) is 0 Å². The molecular formula is C11H8O6. The Hall–Kier alpha value is -2.63. The molecule has 0 aliphatic rings. The van der Waals surface area contributed by atoms with Crippen LogP contribution in [0, 0.1) is 0 Å². The Kier molecular flexibility index (Phi) is 3.61. The number of benzene rings is 1. The first kappa shape index (κ1) is 12.4. The van der Waals surface area contributed by atoms with Crippen LogP contribution in [0.1, 0.15) is 5.56 Å². The van der Waals surface area contributed by atoms with Gasteiger partial charge < -0.3 is 15.3 Å². The molecule has 0 amide bonds. The van der Waals surface area contributed by atoms with E-state index in [4.69, 9.17) is 15.3 Å². The second-order valence-corrected chi connectivity index (χ2v) is 3.03. The van der Waals surface area contributed by atoms with Crippen LogP contribution in [0.2, 0.25) is 0 Å². The zero-order valence-corrected chi connectivity index (χ0v) is 8.45. The number of rotatable bonds is 4. The Morgan fingerprint density at radius 1 is 0.765 bits per heavy atom. The standard InChI is InChI=1S/C11H8O6/c12-9(13)7(6-4-2-1-3-5-6)8(10(14)15)11(16)17/h1-5H,(H,12,13)(H,14,15)(H,16,17). The molecule has 17 heavy (non-hydrogen) atoms. The lowest BCUT2D eigenvalue weighted by atomic mass is 10.00. The molecule has 1 aromatic carbocycles. The smallest absolute Gasteiger partial charge is 0.344 e. The maximum atomic E-state index is 11.0. The zero-order chi connectivity index (χ0) is 13.0. The van der Waals surface area contributed by atoms with Crippen LogP contribution >= 0.6 is 0 Å². The summed E-state index contributed by atoms with van der Waals surface area (Å²) in [6, 6.07) is 7.23. The van der Waals surface area contributed by atoms with Gasteiger partial charge in [0.05, 0.1) is 5.57 Å². The van der Waals surface area contributed by atoms with E-state index in [1.807, 2.05) is 0 Å². The van der Waals surface area contributed by atoms with Gasteiger partial charge in [0.15, 0.2) is 5.57 Å². The van der Waals surface area contributed by atoms with Gasteiger partial charge in [-0.25, -0.2) is 14.4 Å². The first-order chi connectivity index (χ1) is 7.95. The van der Waals surface area contributed by atoms with Crippen molar-refractivity contribution in [3.05, 3.63) is 41.5 Å². The van der Waals surface area contributed by atoms with Crippen LogP contribution in [-0.2, 0) is 14.4 Å². The molecular weight excluding hydrogens is 228 g/mol. The summed E-state index contributed by atoms with van der Waals surface area (Å²) in [6.45, 7) is 0. The predicted molar refractivity (Wildman–Crippen MR) is 56.3 cm³/mol. The SMILES string of the molecule is O=C(O)C(C(=O)O)=C(C(=O)O)c1ccccc1. The van der Waals surface area contributed by atoms with Crippen LogP contribution in [-0.4, -0.2) is 33.2 Å². The Labute approximate surface area is 95.4 Å². The molecule has 0 unspecified atom stereocenters. The first-order valence-corrected chi connectivity index (χ1v) is 4.44. The number of carbonyl (C=O) groups is 3. The minimum Gasteiger partial charge on any atom is -0.478 e. The summed E-state index contributed by atoms with van der Waals surface area (Å²) in [5.41, 5.74) is -1.88. The van der Waals surface area contributed by atoms with Crippen molar-refractivity contribution < 1.29 is 29.7 Å². The van der Waals surface area contributed by atoms with Crippen molar-refractivity contribution in [2.24, 2.45) is 0 Å². The monoisotopic (exact) mass is 236 g/mol. The minimum absolute atomic E-state index is 0.0276. The predicted octanol–water partition coefficient (Wildman–Crippen LogP) is 0.694. The van der Waals surface area contributed by atoms with E-state index in [0.717, 1.165) is 0 Å². The van der Waals surface area contributed by atoms with Gasteiger partial charge in [-0.3, -0.25) is 0 Å². The number of hydrogen-bond donors (Lipinski definition) is 3. The van der Waals surface area contributed by atoms with Crippen molar-refractivity contribution in [3.63, 3.8) is 0 Å². The van der Waals surface area contributed by atoms with E-state index in [1.54, 1.807) is 6.07 Å². The average molecular weight is 236 g/mol. The molecule has 0 aromatic heterocycles. The quantitative estimate of drug-likeness (QED) is 0.403. The van der Waals surface area contributed by atoms with Gasteiger partial charge in [0, 0.05) is 0 Å². The van der Waals surface area contributed by atoms with Crippen molar-refractivity contribution in [2.45, 2.75) is 0 Å². The highest BCUT2D eigenvalue weighted by Gasteiger charge is 2.27. The topological polar surface area (TPSA) is 112 Å². The average Bonchev–Trinajstić information content (AvgIpc) is 2.25. The summed E-state index contributed by atoms with van der Waals surface area (Å²) >= 11 is 0. The second-order valence-electron chi connectivity index (χ2n) is 3.03. The van der Waals surface area contributed by atoms with Gasteiger partial charge in [0.25, 0.3) is 0 Å². The van der Waals surface area contributed by atoms with Crippen molar-refractivity contribution in [3.8, 4) is 0 Å². The number of carboxylic acid groups (broad SMARTS) is 3. The molecule has 0 spiro atoms. The fourth-order valence-electron chi connectivity index (χ4n) is 1.28. The molecule has 3 N–H and O–H groups in total. The van der Waals surface area contributed by atoms with E-state index in [0.29, 0.717) is 0 Å². The Bertz CT molecular complexity index is 484. The number of aliphatic carboxylic acids is 3. The normalized spacial score (nSPS) is 9.41. The minimum atomic E-state index is -1.79. The third-order valence-corrected chi connectivity index (χ3v) is 1.95. The fourth-order valence-corrected chi connectivity index (χ4v) is 1.28. The lowest BCUT2D eigenvalue weighted by Crippen LogP contribution is -2.17. The molecule has 1 aromatic rings. The van der Waals surface area contributed by atoms with Crippen LogP contribution in [0.4, 0.5) is 0 Å². The van der Waals surface area contributed by atoms with E-state index in [2.05, 4.69) is 0 Å². The van der Waals surface area contributed by atoms with Gasteiger partial charge in [0.2, 0.25) is 0 Å². The molecule has 0 aliphatic heterocycles. The largest absolute Gasteiger partial charge is 0.478 e. The summed E-state index contributed by atoms with van der Waals surface area (Å²) < 4.78 is 0. The molecule has 0 fully saturated rings. The van der Waals surface area contributed by atoms with E-state index < -0.39 is 29.1 Å². The molecule has 0 saturated carbocycles. The first-order valence-electron chi connectivity index (χ1n) is 4.44. The van der Waals surface area contributed by atoms with Gasteiger partial charge in [0.1, 0.15) is 0 Å². The van der Waals surface area contributed by atoms with Crippen molar-refractivity contribution in [2.75, 3.05) is 0 Å². The van der Waals surface area contributed by atoms with E-state index in [9.17, 15) is 14.4 Å². The summed E-state index contributed by atoms with van der Waals surface area (Å²) in [5.74, 6) is -5.19. The molecule has 88 valence electrons. The number of hydrogen-bond acceptors (Lipinski definition) is 3. The highest BCUT2D eigenvalue weighted by molar-refractivity contribution is 6.31. The molecule has 1 rings (SSSR count).